The number of carbonyl (C=O) groups is 3. The molecule has 1 aromatic carbocycles. The van der Waals surface area contributed by atoms with E-state index in [4.69, 9.17) is 16.9 Å². The summed E-state index contributed by atoms with van der Waals surface area (Å²) in [4.78, 5) is 37.7. The summed E-state index contributed by atoms with van der Waals surface area (Å²) < 4.78 is 0. The molecule has 2 rings (SSSR count). The predicted octanol–water partition coefficient (Wildman–Crippen LogP) is -0.281. The fraction of sp³-hybridized carbons (Fsp3) is 0.429. The third-order valence-corrected chi connectivity index (χ3v) is 5.21. The summed E-state index contributed by atoms with van der Waals surface area (Å²) in [6.45, 7) is 2.77. The van der Waals surface area contributed by atoms with E-state index in [1.54, 1.807) is 11.8 Å². The Morgan fingerprint density at radius 2 is 1.94 bits per heavy atom. The minimum atomic E-state index is -1.12. The number of nitrogens with one attached hydrogen (secondary N) is 3. The number of aliphatic carboxylic acids is 1. The van der Waals surface area contributed by atoms with E-state index in [1.165, 1.54) is 0 Å². The van der Waals surface area contributed by atoms with Crippen LogP contribution >= 0.6 is 0 Å². The van der Waals surface area contributed by atoms with Crippen molar-refractivity contribution in [1.82, 2.24) is 15.5 Å². The van der Waals surface area contributed by atoms with Crippen LogP contribution in [0.3, 0.4) is 0 Å². The number of benzene rings is 1. The number of nitrogens with zero attached hydrogens (tertiary/aromatic N) is 1. The van der Waals surface area contributed by atoms with Crippen molar-refractivity contribution in [2.24, 2.45) is 11.5 Å². The van der Waals surface area contributed by atoms with E-state index in [-0.39, 0.29) is 18.9 Å². The molecule has 10 nitrogen and oxygen atoms in total. The average molecular weight is 431 g/mol. The van der Waals surface area contributed by atoms with Crippen LogP contribution in [0.2, 0.25) is 0 Å². The molecule has 1 aromatic rings. The van der Waals surface area contributed by atoms with Gasteiger partial charge >= 0.3 is 5.97 Å². The molecule has 168 valence electrons. The molecule has 31 heavy (non-hydrogen) atoms. The highest BCUT2D eigenvalue weighted by molar-refractivity contribution is 5.85. The lowest BCUT2D eigenvalue weighted by molar-refractivity contribution is -0.142. The van der Waals surface area contributed by atoms with Gasteiger partial charge in [-0.25, -0.2) is 4.79 Å². The largest absolute Gasteiger partial charge is 0.480 e. The summed E-state index contributed by atoms with van der Waals surface area (Å²) in [6, 6.07) is 7.21. The van der Waals surface area contributed by atoms with Crippen molar-refractivity contribution in [2.45, 2.75) is 37.8 Å². The van der Waals surface area contributed by atoms with Crippen LogP contribution < -0.4 is 22.1 Å². The second-order valence-corrected chi connectivity index (χ2v) is 7.56. The van der Waals surface area contributed by atoms with E-state index in [0.717, 1.165) is 11.1 Å². The lowest BCUT2D eigenvalue weighted by atomic mass is 9.93. The van der Waals surface area contributed by atoms with Crippen molar-refractivity contribution in [2.75, 3.05) is 19.6 Å². The van der Waals surface area contributed by atoms with Gasteiger partial charge < -0.3 is 32.1 Å². The van der Waals surface area contributed by atoms with Crippen LogP contribution in [0.5, 0.6) is 0 Å². The molecular weight excluding hydrogens is 400 g/mol. The summed E-state index contributed by atoms with van der Waals surface area (Å²) >= 11 is 0. The minimum Gasteiger partial charge on any atom is -0.480 e. The van der Waals surface area contributed by atoms with E-state index in [9.17, 15) is 19.5 Å². The van der Waals surface area contributed by atoms with Gasteiger partial charge in [-0.3, -0.25) is 15.0 Å². The molecule has 1 aliphatic rings. The third kappa shape index (κ3) is 7.10. The van der Waals surface area contributed by atoms with Crippen LogP contribution in [0.1, 0.15) is 31.2 Å². The van der Waals surface area contributed by atoms with Crippen LogP contribution in [0.4, 0.5) is 0 Å². The molecule has 1 aliphatic heterocycles. The fourth-order valence-electron chi connectivity index (χ4n) is 3.35. The molecule has 3 unspecified atom stereocenters. The van der Waals surface area contributed by atoms with Crippen molar-refractivity contribution in [3.05, 3.63) is 47.5 Å². The normalized spacial score (nSPS) is 16.1. The first kappa shape index (κ1) is 23.9. The molecule has 8 N–H and O–H groups in total. The summed E-state index contributed by atoms with van der Waals surface area (Å²) in [5.41, 5.74) is 13.1. The number of nitrogens with two attached hydrogens (primary N) is 2. The number of carboxylic acids is 1. The number of hydrogen-bond acceptors (Lipinski definition) is 5. The molecule has 0 saturated heterocycles. The SMILES string of the molecule is CC(c1ccccc1)C(NC(=O)CCNC(=O)C(N)CC1=CCN(C(=N)N)C1)C(=O)O. The number of carbonyl (C=O) groups excluding carboxylic acids is 2. The van der Waals surface area contributed by atoms with Crippen molar-refractivity contribution < 1.29 is 19.5 Å². The third-order valence-electron chi connectivity index (χ3n) is 5.21. The monoisotopic (exact) mass is 430 g/mol. The van der Waals surface area contributed by atoms with Gasteiger partial charge in [-0.15, -0.1) is 0 Å². The highest BCUT2D eigenvalue weighted by Crippen LogP contribution is 2.19. The lowest BCUT2D eigenvalue weighted by Gasteiger charge is -2.22. The Balaban J connectivity index is 1.76. The zero-order chi connectivity index (χ0) is 23.0. The zero-order valence-electron chi connectivity index (χ0n) is 17.5. The molecule has 0 spiro atoms. The van der Waals surface area contributed by atoms with E-state index < -0.39 is 35.8 Å². The van der Waals surface area contributed by atoms with Crippen LogP contribution in [0.25, 0.3) is 0 Å². The van der Waals surface area contributed by atoms with Gasteiger partial charge in [-0.1, -0.05) is 48.9 Å². The molecule has 0 aromatic heterocycles. The van der Waals surface area contributed by atoms with Gasteiger partial charge in [0.25, 0.3) is 0 Å². The van der Waals surface area contributed by atoms with Crippen LogP contribution in [0.15, 0.2) is 42.0 Å². The summed E-state index contributed by atoms with van der Waals surface area (Å²) in [7, 11) is 0. The Hall–Kier alpha value is -3.40. The summed E-state index contributed by atoms with van der Waals surface area (Å²) in [5.74, 6) is -2.45. The Labute approximate surface area is 181 Å². The Morgan fingerprint density at radius 1 is 1.26 bits per heavy atom. The van der Waals surface area contributed by atoms with E-state index in [2.05, 4.69) is 10.6 Å². The average Bonchev–Trinajstić information content (AvgIpc) is 3.20. The quantitative estimate of drug-likeness (QED) is 0.168. The van der Waals surface area contributed by atoms with E-state index >= 15 is 0 Å². The number of guanidine groups is 1. The molecule has 10 heteroatoms. The van der Waals surface area contributed by atoms with Crippen molar-refractivity contribution >= 4 is 23.7 Å². The molecule has 0 saturated carbocycles. The molecule has 2 amide bonds. The highest BCUT2D eigenvalue weighted by atomic mass is 16.4. The van der Waals surface area contributed by atoms with E-state index in [0.29, 0.717) is 19.5 Å². The zero-order valence-corrected chi connectivity index (χ0v) is 17.5. The number of rotatable bonds is 10. The molecular formula is C21H30N6O4. The van der Waals surface area contributed by atoms with Gasteiger partial charge in [0.05, 0.1) is 6.04 Å². The predicted molar refractivity (Wildman–Crippen MR) is 116 cm³/mol. The lowest BCUT2D eigenvalue weighted by Crippen LogP contribution is -2.46. The second kappa shape index (κ2) is 11.1. The Bertz CT molecular complexity index is 842. The molecule has 0 aliphatic carbocycles. The highest BCUT2D eigenvalue weighted by Gasteiger charge is 2.27. The Kier molecular flexibility index (Phi) is 8.56. The molecule has 0 radical (unpaired) electrons. The number of amides is 2. The van der Waals surface area contributed by atoms with Gasteiger partial charge in [0, 0.05) is 32.0 Å². The number of hydrogen-bond donors (Lipinski definition) is 6. The van der Waals surface area contributed by atoms with Gasteiger partial charge in [-0.2, -0.15) is 0 Å². The van der Waals surface area contributed by atoms with Crippen LogP contribution in [-0.4, -0.2) is 65.5 Å². The first-order valence-corrected chi connectivity index (χ1v) is 10.1. The van der Waals surface area contributed by atoms with Gasteiger partial charge in [-0.05, 0) is 12.0 Å². The minimum absolute atomic E-state index is 0.0310. The van der Waals surface area contributed by atoms with Crippen molar-refractivity contribution in [1.29, 1.82) is 5.41 Å². The van der Waals surface area contributed by atoms with E-state index in [1.807, 2.05) is 36.4 Å². The first-order chi connectivity index (χ1) is 14.7. The summed E-state index contributed by atoms with van der Waals surface area (Å²) in [5, 5.41) is 22.0. The first-order valence-electron chi connectivity index (χ1n) is 10.1. The van der Waals surface area contributed by atoms with Gasteiger partial charge in [0.1, 0.15) is 6.04 Å². The molecule has 3 atom stereocenters. The maximum Gasteiger partial charge on any atom is 0.326 e. The van der Waals surface area contributed by atoms with Gasteiger partial charge in [0.2, 0.25) is 11.8 Å². The summed E-state index contributed by atoms with van der Waals surface area (Å²) in [6.07, 6.45) is 2.16. The van der Waals surface area contributed by atoms with Crippen molar-refractivity contribution in [3.63, 3.8) is 0 Å². The fourth-order valence-corrected chi connectivity index (χ4v) is 3.35. The number of carboxylic acid groups (broad SMARTS) is 1. The van der Waals surface area contributed by atoms with Crippen LogP contribution in [-0.2, 0) is 14.4 Å². The molecule has 1 heterocycles. The molecule has 0 fully saturated rings. The maximum atomic E-state index is 12.2. The Morgan fingerprint density at radius 3 is 2.52 bits per heavy atom. The van der Waals surface area contributed by atoms with Crippen LogP contribution in [0, 0.1) is 5.41 Å². The maximum absolute atomic E-state index is 12.2. The molecule has 0 bridgehead atoms. The second-order valence-electron chi connectivity index (χ2n) is 7.56. The topological polar surface area (TPSA) is 175 Å². The standard InChI is InChI=1S/C21H30N6O4/c1-13(15-5-3-2-4-6-15)18(20(30)31)26-17(28)7-9-25-19(29)16(22)11-14-8-10-27(12-14)21(23)24/h2-6,8,13,16,18H,7,9-12,22H2,1H3,(H3,23,24)(H,25,29)(H,26,28)(H,30,31). The smallest absolute Gasteiger partial charge is 0.326 e. The van der Waals surface area contributed by atoms with Gasteiger partial charge in [0.15, 0.2) is 5.96 Å². The van der Waals surface area contributed by atoms with Crippen molar-refractivity contribution in [3.8, 4) is 0 Å².